The van der Waals surface area contributed by atoms with Gasteiger partial charge in [0.2, 0.25) is 0 Å². The Hall–Kier alpha value is -3.86. The minimum absolute atomic E-state index is 0.243. The zero-order valence-electron chi connectivity index (χ0n) is 16.2. The monoisotopic (exact) mass is 384 g/mol. The number of fused-ring (bicyclic) bond motifs is 1. The second-order valence-electron chi connectivity index (χ2n) is 6.46. The van der Waals surface area contributed by atoms with Gasteiger partial charge in [-0.2, -0.15) is 0 Å². The second-order valence-corrected chi connectivity index (χ2v) is 6.46. The van der Waals surface area contributed by atoms with Crippen LogP contribution in [-0.4, -0.2) is 25.1 Å². The Morgan fingerprint density at radius 1 is 0.862 bits per heavy atom. The van der Waals surface area contributed by atoms with Gasteiger partial charge in [-0.15, -0.1) is 0 Å². The first kappa shape index (κ1) is 18.5. The minimum Gasteiger partial charge on any atom is -0.497 e. The fraction of sp³-hybridized carbons (Fsp3) is 0.0833. The molecule has 1 N–H and O–H groups in total. The number of nitrogens with zero attached hydrogens (tertiary/aromatic N) is 1. The Kier molecular flexibility index (Phi) is 5.12. The van der Waals surface area contributed by atoms with E-state index in [1.807, 2.05) is 60.7 Å². The maximum Gasteiger partial charge on any atom is 0.256 e. The van der Waals surface area contributed by atoms with Crippen molar-refractivity contribution in [3.63, 3.8) is 0 Å². The first-order chi connectivity index (χ1) is 14.2. The lowest BCUT2D eigenvalue weighted by Crippen LogP contribution is -2.14. The highest BCUT2D eigenvalue weighted by Gasteiger charge is 2.16. The Morgan fingerprint density at radius 2 is 1.62 bits per heavy atom. The van der Waals surface area contributed by atoms with E-state index in [0.717, 1.165) is 22.2 Å². The summed E-state index contributed by atoms with van der Waals surface area (Å²) in [5, 5.41) is 3.74. The van der Waals surface area contributed by atoms with Crippen molar-refractivity contribution in [3.8, 4) is 22.8 Å². The van der Waals surface area contributed by atoms with Crippen molar-refractivity contribution < 1.29 is 14.3 Å². The van der Waals surface area contributed by atoms with Crippen LogP contribution in [-0.2, 0) is 0 Å². The van der Waals surface area contributed by atoms with Gasteiger partial charge in [-0.1, -0.05) is 48.5 Å². The molecule has 1 amide bonds. The smallest absolute Gasteiger partial charge is 0.256 e. The molecule has 5 heteroatoms. The molecule has 0 aliphatic carbocycles. The molecule has 3 aromatic carbocycles. The van der Waals surface area contributed by atoms with E-state index in [9.17, 15) is 4.79 Å². The van der Waals surface area contributed by atoms with E-state index in [0.29, 0.717) is 22.7 Å². The number of rotatable bonds is 5. The summed E-state index contributed by atoms with van der Waals surface area (Å²) in [6.45, 7) is 0. The maximum atomic E-state index is 13.2. The fourth-order valence-electron chi connectivity index (χ4n) is 3.22. The van der Waals surface area contributed by atoms with Crippen molar-refractivity contribution in [2.75, 3.05) is 19.5 Å². The average Bonchev–Trinajstić information content (AvgIpc) is 2.78. The molecule has 144 valence electrons. The highest BCUT2D eigenvalue weighted by Crippen LogP contribution is 2.31. The number of hydrogen-bond acceptors (Lipinski definition) is 4. The van der Waals surface area contributed by atoms with Crippen LogP contribution in [0.25, 0.3) is 22.2 Å². The third-order valence-corrected chi connectivity index (χ3v) is 4.69. The molecule has 0 atom stereocenters. The molecule has 0 aliphatic rings. The first-order valence-corrected chi connectivity index (χ1v) is 9.18. The van der Waals surface area contributed by atoms with Crippen molar-refractivity contribution >= 4 is 22.5 Å². The standard InChI is InChI=1S/C24H20N2O3/c1-28-17-12-13-23(29-2)22(14-17)26-24(27)19-15-21(16-8-4-3-5-9-16)25-20-11-7-6-10-18(19)20/h3-15H,1-2H3,(H,26,27). The van der Waals surface area contributed by atoms with Crippen LogP contribution >= 0.6 is 0 Å². The number of carbonyl (C=O) groups excluding carboxylic acids is 1. The third-order valence-electron chi connectivity index (χ3n) is 4.69. The van der Waals surface area contributed by atoms with E-state index >= 15 is 0 Å². The number of para-hydroxylation sites is 1. The number of carbonyl (C=O) groups is 1. The second kappa shape index (κ2) is 8.02. The van der Waals surface area contributed by atoms with Crippen molar-refractivity contribution in [1.82, 2.24) is 4.98 Å². The predicted molar refractivity (Wildman–Crippen MR) is 115 cm³/mol. The molecule has 0 saturated carbocycles. The molecule has 0 aliphatic heterocycles. The molecule has 4 rings (SSSR count). The van der Waals surface area contributed by atoms with Gasteiger partial charge in [0.15, 0.2) is 0 Å². The van der Waals surface area contributed by atoms with Gasteiger partial charge in [-0.25, -0.2) is 4.98 Å². The minimum atomic E-state index is -0.243. The fourth-order valence-corrected chi connectivity index (χ4v) is 3.22. The largest absolute Gasteiger partial charge is 0.497 e. The zero-order valence-corrected chi connectivity index (χ0v) is 16.2. The van der Waals surface area contributed by atoms with Gasteiger partial charge in [0.05, 0.1) is 36.7 Å². The molecule has 1 aromatic heterocycles. The van der Waals surface area contributed by atoms with Crippen LogP contribution < -0.4 is 14.8 Å². The van der Waals surface area contributed by atoms with Gasteiger partial charge >= 0.3 is 0 Å². The predicted octanol–water partition coefficient (Wildman–Crippen LogP) is 5.17. The Morgan fingerprint density at radius 3 is 2.38 bits per heavy atom. The maximum absolute atomic E-state index is 13.2. The SMILES string of the molecule is COc1ccc(OC)c(NC(=O)c2cc(-c3ccccc3)nc3ccccc23)c1. The molecule has 4 aromatic rings. The van der Waals surface area contributed by atoms with Crippen molar-refractivity contribution in [3.05, 3.63) is 84.4 Å². The lowest BCUT2D eigenvalue weighted by atomic mass is 10.0. The number of aromatic nitrogens is 1. The topological polar surface area (TPSA) is 60.5 Å². The normalized spacial score (nSPS) is 10.6. The van der Waals surface area contributed by atoms with Crippen LogP contribution in [0.3, 0.4) is 0 Å². The lowest BCUT2D eigenvalue weighted by Gasteiger charge is -2.14. The molecule has 0 spiro atoms. The van der Waals surface area contributed by atoms with Crippen LogP contribution in [0.5, 0.6) is 11.5 Å². The summed E-state index contributed by atoms with van der Waals surface area (Å²) in [6.07, 6.45) is 0. The van der Waals surface area contributed by atoms with Gasteiger partial charge in [-0.3, -0.25) is 4.79 Å². The molecule has 1 heterocycles. The number of hydrogen-bond donors (Lipinski definition) is 1. The summed E-state index contributed by atoms with van der Waals surface area (Å²) in [6, 6.07) is 24.5. The lowest BCUT2D eigenvalue weighted by molar-refractivity contribution is 0.102. The van der Waals surface area contributed by atoms with Crippen molar-refractivity contribution in [1.29, 1.82) is 0 Å². The molecule has 0 unspecified atom stereocenters. The first-order valence-electron chi connectivity index (χ1n) is 9.18. The summed E-state index contributed by atoms with van der Waals surface area (Å²) < 4.78 is 10.7. The van der Waals surface area contributed by atoms with Gasteiger partial charge in [0.1, 0.15) is 11.5 Å². The highest BCUT2D eigenvalue weighted by atomic mass is 16.5. The number of nitrogens with one attached hydrogen (secondary N) is 1. The van der Waals surface area contributed by atoms with E-state index in [2.05, 4.69) is 5.32 Å². The molecule has 0 saturated heterocycles. The Bertz CT molecular complexity index is 1170. The molecule has 0 radical (unpaired) electrons. The zero-order chi connectivity index (χ0) is 20.2. The van der Waals surface area contributed by atoms with E-state index in [1.54, 1.807) is 32.4 Å². The summed E-state index contributed by atoms with van der Waals surface area (Å²) in [4.78, 5) is 18.0. The van der Waals surface area contributed by atoms with Gasteiger partial charge in [-0.05, 0) is 24.3 Å². The molecule has 5 nitrogen and oxygen atoms in total. The number of benzene rings is 3. The highest BCUT2D eigenvalue weighted by molar-refractivity contribution is 6.13. The van der Waals surface area contributed by atoms with Gasteiger partial charge in [0.25, 0.3) is 5.91 Å². The van der Waals surface area contributed by atoms with E-state index < -0.39 is 0 Å². The van der Waals surface area contributed by atoms with E-state index in [1.165, 1.54) is 0 Å². The van der Waals surface area contributed by atoms with Gasteiger partial charge in [0, 0.05) is 17.0 Å². The molecule has 29 heavy (non-hydrogen) atoms. The summed E-state index contributed by atoms with van der Waals surface area (Å²) in [5.41, 5.74) is 3.54. The van der Waals surface area contributed by atoms with Gasteiger partial charge < -0.3 is 14.8 Å². The summed E-state index contributed by atoms with van der Waals surface area (Å²) in [5.74, 6) is 0.943. The number of anilines is 1. The average molecular weight is 384 g/mol. The Labute approximate surface area is 168 Å². The summed E-state index contributed by atoms with van der Waals surface area (Å²) >= 11 is 0. The third kappa shape index (κ3) is 3.75. The van der Waals surface area contributed by atoms with Crippen molar-refractivity contribution in [2.24, 2.45) is 0 Å². The quantitative estimate of drug-likeness (QED) is 0.516. The summed E-state index contributed by atoms with van der Waals surface area (Å²) in [7, 11) is 3.14. The molecule has 0 fully saturated rings. The number of methoxy groups -OCH3 is 2. The van der Waals surface area contributed by atoms with Crippen LogP contribution in [0.15, 0.2) is 78.9 Å². The van der Waals surface area contributed by atoms with Crippen LogP contribution in [0.2, 0.25) is 0 Å². The number of ether oxygens (including phenoxy) is 2. The Balaban J connectivity index is 1.80. The van der Waals surface area contributed by atoms with Crippen LogP contribution in [0.1, 0.15) is 10.4 Å². The molecule has 0 bridgehead atoms. The van der Waals surface area contributed by atoms with Crippen LogP contribution in [0.4, 0.5) is 5.69 Å². The molecular weight excluding hydrogens is 364 g/mol. The van der Waals surface area contributed by atoms with E-state index in [-0.39, 0.29) is 5.91 Å². The van der Waals surface area contributed by atoms with Crippen LogP contribution in [0, 0.1) is 0 Å². The number of amides is 1. The van der Waals surface area contributed by atoms with Crippen molar-refractivity contribution in [2.45, 2.75) is 0 Å². The molecular formula is C24H20N2O3. The number of pyridine rings is 1. The van der Waals surface area contributed by atoms with E-state index in [4.69, 9.17) is 14.5 Å².